The number of rotatable bonds is 2. The van der Waals surface area contributed by atoms with Crippen molar-refractivity contribution in [2.75, 3.05) is 0 Å². The third kappa shape index (κ3) is 3.53. The monoisotopic (exact) mass is 586 g/mol. The summed E-state index contributed by atoms with van der Waals surface area (Å²) in [5.74, 6) is 0. The van der Waals surface area contributed by atoms with E-state index in [1.807, 2.05) is 11.3 Å². The number of benzene rings is 9. The average molecular weight is 587 g/mol. The van der Waals surface area contributed by atoms with Crippen molar-refractivity contribution in [1.29, 1.82) is 0 Å². The van der Waals surface area contributed by atoms with Gasteiger partial charge in [0.05, 0.1) is 0 Å². The number of fused-ring (bicyclic) bond motifs is 12. The van der Waals surface area contributed by atoms with E-state index in [0.717, 1.165) is 0 Å². The lowest BCUT2D eigenvalue weighted by Gasteiger charge is -2.18. The third-order valence-corrected chi connectivity index (χ3v) is 10.8. The molecule has 1 heteroatoms. The second kappa shape index (κ2) is 9.50. The molecule has 1 aromatic heterocycles. The third-order valence-electron chi connectivity index (χ3n) is 9.62. The summed E-state index contributed by atoms with van der Waals surface area (Å²) in [6.45, 7) is 0. The van der Waals surface area contributed by atoms with Crippen LogP contribution in [0.25, 0.3) is 96.3 Å². The summed E-state index contributed by atoms with van der Waals surface area (Å²) in [4.78, 5) is 0. The van der Waals surface area contributed by atoms with Crippen LogP contribution in [-0.4, -0.2) is 0 Å². The Labute approximate surface area is 264 Å². The highest BCUT2D eigenvalue weighted by Crippen LogP contribution is 2.47. The molecule has 10 aromatic rings. The van der Waals surface area contributed by atoms with Crippen LogP contribution in [0.2, 0.25) is 0 Å². The number of hydrogen-bond donors (Lipinski definition) is 0. The molecule has 0 nitrogen and oxygen atoms in total. The fourth-order valence-electron chi connectivity index (χ4n) is 7.77. The molecule has 0 aliphatic carbocycles. The summed E-state index contributed by atoms with van der Waals surface area (Å²) in [6.07, 6.45) is 0. The van der Waals surface area contributed by atoms with E-state index in [1.165, 1.54) is 96.3 Å². The number of thiophene rings is 1. The van der Waals surface area contributed by atoms with Gasteiger partial charge < -0.3 is 0 Å². The lowest BCUT2D eigenvalue weighted by atomic mass is 9.84. The van der Waals surface area contributed by atoms with Gasteiger partial charge in [-0.3, -0.25) is 0 Å². The maximum atomic E-state index is 2.45. The lowest BCUT2D eigenvalue weighted by Crippen LogP contribution is -1.91. The Bertz CT molecular complexity index is 2720. The Kier molecular flexibility index (Phi) is 5.25. The molecule has 208 valence electrons. The first-order valence-corrected chi connectivity index (χ1v) is 16.3. The summed E-state index contributed by atoms with van der Waals surface area (Å²) in [7, 11) is 0. The van der Waals surface area contributed by atoms with Crippen LogP contribution in [0, 0.1) is 0 Å². The van der Waals surface area contributed by atoms with Crippen molar-refractivity contribution in [2.45, 2.75) is 0 Å². The first-order chi connectivity index (χ1) is 22.3. The summed E-state index contributed by atoms with van der Waals surface area (Å²) < 4.78 is 2.69. The van der Waals surface area contributed by atoms with Gasteiger partial charge in [0.15, 0.2) is 0 Å². The van der Waals surface area contributed by atoms with Crippen LogP contribution in [0.4, 0.5) is 0 Å². The highest BCUT2D eigenvalue weighted by atomic mass is 32.1. The van der Waals surface area contributed by atoms with Crippen molar-refractivity contribution >= 4 is 85.4 Å². The van der Waals surface area contributed by atoms with Gasteiger partial charge in [0.25, 0.3) is 0 Å². The van der Waals surface area contributed by atoms with Gasteiger partial charge in [0.2, 0.25) is 0 Å². The van der Waals surface area contributed by atoms with Crippen LogP contribution in [0.3, 0.4) is 0 Å². The van der Waals surface area contributed by atoms with Gasteiger partial charge in [0, 0.05) is 20.2 Å². The molecule has 0 radical (unpaired) electrons. The minimum atomic E-state index is 1.25. The zero-order valence-corrected chi connectivity index (χ0v) is 25.2. The standard InChI is InChI=1S/C44H26S/c1-2-12-27(13-3-1)41-32-16-6-8-18-34(32)42(35-19-9-7-17-33(35)41)28-22-23-30-36-24-25-40-44(37-20-10-11-21-39(37)45-40)43(36)31-15-5-4-14-29(31)38(30)26-28/h1-26H. The molecule has 45 heavy (non-hydrogen) atoms. The normalized spacial score (nSPS) is 12.0. The predicted octanol–water partition coefficient (Wildman–Crippen LogP) is 13.2. The maximum Gasteiger partial charge on any atom is 0.0362 e. The molecule has 0 saturated carbocycles. The van der Waals surface area contributed by atoms with Crippen molar-refractivity contribution < 1.29 is 0 Å². The first kappa shape index (κ1) is 24.9. The molecule has 0 atom stereocenters. The summed E-state index contributed by atoms with van der Waals surface area (Å²) in [5, 5.41) is 15.8. The van der Waals surface area contributed by atoms with Crippen molar-refractivity contribution in [3.63, 3.8) is 0 Å². The topological polar surface area (TPSA) is 0 Å². The van der Waals surface area contributed by atoms with E-state index in [1.54, 1.807) is 0 Å². The molecule has 0 N–H and O–H groups in total. The minimum Gasteiger partial charge on any atom is -0.135 e. The van der Waals surface area contributed by atoms with Gasteiger partial charge in [-0.25, -0.2) is 0 Å². The molecule has 0 saturated heterocycles. The summed E-state index contributed by atoms with van der Waals surface area (Å²) >= 11 is 1.89. The van der Waals surface area contributed by atoms with E-state index in [4.69, 9.17) is 0 Å². The van der Waals surface area contributed by atoms with E-state index < -0.39 is 0 Å². The Morgan fingerprint density at radius 1 is 0.267 bits per heavy atom. The summed E-state index contributed by atoms with van der Waals surface area (Å²) in [5.41, 5.74) is 5.10. The Morgan fingerprint density at radius 2 is 0.756 bits per heavy atom. The fourth-order valence-corrected chi connectivity index (χ4v) is 8.88. The number of hydrogen-bond acceptors (Lipinski definition) is 1. The van der Waals surface area contributed by atoms with Crippen molar-refractivity contribution in [3.05, 3.63) is 158 Å². The van der Waals surface area contributed by atoms with Crippen LogP contribution < -0.4 is 0 Å². The van der Waals surface area contributed by atoms with Crippen LogP contribution in [0.1, 0.15) is 0 Å². The van der Waals surface area contributed by atoms with E-state index in [0.29, 0.717) is 0 Å². The first-order valence-electron chi connectivity index (χ1n) is 15.5. The van der Waals surface area contributed by atoms with Gasteiger partial charge in [-0.15, -0.1) is 11.3 Å². The average Bonchev–Trinajstić information content (AvgIpc) is 3.49. The summed E-state index contributed by atoms with van der Waals surface area (Å²) in [6, 6.07) is 58.4. The quantitative estimate of drug-likeness (QED) is 0.140. The highest BCUT2D eigenvalue weighted by molar-refractivity contribution is 7.26. The predicted molar refractivity (Wildman–Crippen MR) is 198 cm³/mol. The fraction of sp³-hybridized carbons (Fsp3) is 0. The second-order valence-electron chi connectivity index (χ2n) is 12.0. The Morgan fingerprint density at radius 3 is 1.44 bits per heavy atom. The van der Waals surface area contributed by atoms with E-state index in [-0.39, 0.29) is 0 Å². The molecule has 0 aliphatic rings. The van der Waals surface area contributed by atoms with Gasteiger partial charge in [0.1, 0.15) is 0 Å². The molecular weight excluding hydrogens is 561 g/mol. The molecular formula is C44H26S. The Hall–Kier alpha value is -5.50. The van der Waals surface area contributed by atoms with Crippen molar-refractivity contribution in [1.82, 2.24) is 0 Å². The zero-order valence-electron chi connectivity index (χ0n) is 24.4. The zero-order chi connectivity index (χ0) is 29.5. The molecule has 0 fully saturated rings. The molecule has 10 rings (SSSR count). The second-order valence-corrected chi connectivity index (χ2v) is 13.1. The van der Waals surface area contributed by atoms with E-state index >= 15 is 0 Å². The van der Waals surface area contributed by atoms with Gasteiger partial charge in [-0.1, -0.05) is 140 Å². The molecule has 0 amide bonds. The highest BCUT2D eigenvalue weighted by Gasteiger charge is 2.19. The van der Waals surface area contributed by atoms with E-state index in [9.17, 15) is 0 Å². The van der Waals surface area contributed by atoms with Crippen LogP contribution in [0.5, 0.6) is 0 Å². The molecule has 9 aromatic carbocycles. The largest absolute Gasteiger partial charge is 0.135 e. The molecule has 0 unspecified atom stereocenters. The molecule has 0 spiro atoms. The maximum absolute atomic E-state index is 2.45. The molecule has 0 bridgehead atoms. The molecule has 1 heterocycles. The van der Waals surface area contributed by atoms with Crippen LogP contribution in [0.15, 0.2) is 158 Å². The SMILES string of the molecule is c1ccc(-c2c3ccccc3c(-c3ccc4c(c3)c3ccccc3c3c4ccc4sc5ccccc5c43)c3ccccc23)cc1. The minimum absolute atomic E-state index is 1.25. The van der Waals surface area contributed by atoms with Gasteiger partial charge in [-0.05, 0) is 94.3 Å². The van der Waals surface area contributed by atoms with Gasteiger partial charge in [-0.2, -0.15) is 0 Å². The van der Waals surface area contributed by atoms with Gasteiger partial charge >= 0.3 is 0 Å². The van der Waals surface area contributed by atoms with Crippen LogP contribution >= 0.6 is 11.3 Å². The van der Waals surface area contributed by atoms with E-state index in [2.05, 4.69) is 158 Å². The van der Waals surface area contributed by atoms with Crippen molar-refractivity contribution in [3.8, 4) is 22.3 Å². The lowest BCUT2D eigenvalue weighted by molar-refractivity contribution is 1.66. The van der Waals surface area contributed by atoms with Crippen LogP contribution in [-0.2, 0) is 0 Å². The smallest absolute Gasteiger partial charge is 0.0362 e. The van der Waals surface area contributed by atoms with Crippen molar-refractivity contribution in [2.24, 2.45) is 0 Å². The molecule has 0 aliphatic heterocycles. The Balaban J connectivity index is 1.34.